The van der Waals surface area contributed by atoms with Crippen molar-refractivity contribution in [1.82, 2.24) is 9.55 Å². The number of hydrogen-bond donors (Lipinski definition) is 1. The molecule has 0 spiro atoms. The van der Waals surface area contributed by atoms with Gasteiger partial charge in [-0.05, 0) is 13.8 Å². The summed E-state index contributed by atoms with van der Waals surface area (Å²) in [5.41, 5.74) is -0.844. The average molecular weight is 226 g/mol. The van der Waals surface area contributed by atoms with E-state index in [0.717, 1.165) is 0 Å². The van der Waals surface area contributed by atoms with Crippen LogP contribution >= 0.6 is 0 Å². The van der Waals surface area contributed by atoms with Crippen LogP contribution in [-0.4, -0.2) is 28.6 Å². The largest absolute Gasteiger partial charge is 0.348 e. The maximum absolute atomic E-state index is 11.5. The van der Waals surface area contributed by atoms with Crippen molar-refractivity contribution in [3.05, 3.63) is 33.1 Å². The van der Waals surface area contributed by atoms with Crippen LogP contribution in [0.5, 0.6) is 0 Å². The van der Waals surface area contributed by atoms with Gasteiger partial charge in [0.2, 0.25) is 0 Å². The van der Waals surface area contributed by atoms with E-state index in [1.165, 1.54) is 16.8 Å². The molecule has 1 aromatic rings. The van der Waals surface area contributed by atoms with E-state index in [2.05, 4.69) is 4.98 Å². The van der Waals surface area contributed by atoms with Crippen LogP contribution in [0.15, 0.2) is 21.9 Å². The fraction of sp³-hybridized carbons (Fsp3) is 0.600. The Hall–Kier alpha value is -1.40. The summed E-state index contributed by atoms with van der Waals surface area (Å²) < 4.78 is 12.3. The summed E-state index contributed by atoms with van der Waals surface area (Å²) in [4.78, 5) is 24.6. The zero-order valence-corrected chi connectivity index (χ0v) is 9.23. The third-order valence-electron chi connectivity index (χ3n) is 2.49. The topological polar surface area (TPSA) is 73.3 Å². The lowest BCUT2D eigenvalue weighted by molar-refractivity contribution is -0.258. The summed E-state index contributed by atoms with van der Waals surface area (Å²) >= 11 is 0. The molecule has 1 aliphatic rings. The summed E-state index contributed by atoms with van der Waals surface area (Å²) in [5.74, 6) is -0.609. The van der Waals surface area contributed by atoms with Crippen LogP contribution in [0.3, 0.4) is 0 Å². The molecule has 0 aliphatic carbocycles. The number of H-pyrrole nitrogens is 1. The molecule has 2 heterocycles. The van der Waals surface area contributed by atoms with E-state index in [-0.39, 0.29) is 6.04 Å². The van der Waals surface area contributed by atoms with Crippen LogP contribution in [0.2, 0.25) is 0 Å². The highest BCUT2D eigenvalue weighted by Crippen LogP contribution is 2.22. The highest BCUT2D eigenvalue weighted by atomic mass is 16.7. The molecule has 1 fully saturated rings. The van der Waals surface area contributed by atoms with Gasteiger partial charge in [0.1, 0.15) is 0 Å². The van der Waals surface area contributed by atoms with E-state index in [4.69, 9.17) is 9.47 Å². The Kier molecular flexibility index (Phi) is 2.69. The van der Waals surface area contributed by atoms with Crippen molar-refractivity contribution >= 4 is 0 Å². The van der Waals surface area contributed by atoms with Crippen LogP contribution in [0.1, 0.15) is 19.9 Å². The van der Waals surface area contributed by atoms with Crippen LogP contribution in [0.25, 0.3) is 0 Å². The van der Waals surface area contributed by atoms with Crippen molar-refractivity contribution in [2.45, 2.75) is 25.7 Å². The molecule has 2 rings (SSSR count). The molecular weight excluding hydrogens is 212 g/mol. The number of ether oxygens (including phenoxy) is 2. The van der Waals surface area contributed by atoms with Gasteiger partial charge < -0.3 is 9.47 Å². The van der Waals surface area contributed by atoms with E-state index in [9.17, 15) is 9.59 Å². The van der Waals surface area contributed by atoms with Crippen molar-refractivity contribution < 1.29 is 9.47 Å². The Bertz CT molecular complexity index is 478. The van der Waals surface area contributed by atoms with Crippen molar-refractivity contribution in [2.75, 3.05) is 13.2 Å². The standard InChI is InChI=1S/C10H14N2O4/c1-10(2)15-5-7(6-16-10)12-4-3-8(13)11-9(12)14/h3-4,7H,5-6H2,1-2H3,(H,11,13,14). The van der Waals surface area contributed by atoms with Gasteiger partial charge >= 0.3 is 5.69 Å². The van der Waals surface area contributed by atoms with Gasteiger partial charge in [-0.1, -0.05) is 0 Å². The lowest BCUT2D eigenvalue weighted by atomic mass is 10.2. The summed E-state index contributed by atoms with van der Waals surface area (Å²) in [7, 11) is 0. The molecular formula is C10H14N2O4. The monoisotopic (exact) mass is 226 g/mol. The molecule has 0 atom stereocenters. The third-order valence-corrected chi connectivity index (χ3v) is 2.49. The van der Waals surface area contributed by atoms with Gasteiger partial charge in [0.25, 0.3) is 5.56 Å². The Morgan fingerprint density at radius 3 is 2.56 bits per heavy atom. The fourth-order valence-electron chi connectivity index (χ4n) is 1.56. The first-order chi connectivity index (χ1) is 7.48. The summed E-state index contributed by atoms with van der Waals surface area (Å²) in [6.07, 6.45) is 1.46. The average Bonchev–Trinajstić information content (AvgIpc) is 2.19. The van der Waals surface area contributed by atoms with Gasteiger partial charge in [0.15, 0.2) is 5.79 Å². The zero-order chi connectivity index (χ0) is 11.8. The molecule has 1 aromatic heterocycles. The lowest BCUT2D eigenvalue weighted by Gasteiger charge is -2.35. The van der Waals surface area contributed by atoms with E-state index >= 15 is 0 Å². The maximum atomic E-state index is 11.5. The van der Waals surface area contributed by atoms with Crippen molar-refractivity contribution in [1.29, 1.82) is 0 Å². The Balaban J connectivity index is 2.21. The molecule has 1 N–H and O–H groups in total. The highest BCUT2D eigenvalue weighted by Gasteiger charge is 2.29. The first-order valence-corrected chi connectivity index (χ1v) is 5.07. The van der Waals surface area contributed by atoms with Crippen LogP contribution in [0, 0.1) is 0 Å². The van der Waals surface area contributed by atoms with Gasteiger partial charge in [-0.3, -0.25) is 14.3 Å². The fourth-order valence-corrected chi connectivity index (χ4v) is 1.56. The Morgan fingerprint density at radius 2 is 2.00 bits per heavy atom. The minimum absolute atomic E-state index is 0.197. The van der Waals surface area contributed by atoms with E-state index in [1.807, 2.05) is 13.8 Å². The zero-order valence-electron chi connectivity index (χ0n) is 9.23. The molecule has 0 bridgehead atoms. The van der Waals surface area contributed by atoms with Crippen molar-refractivity contribution in [2.24, 2.45) is 0 Å². The predicted molar refractivity (Wildman–Crippen MR) is 56.3 cm³/mol. The van der Waals surface area contributed by atoms with Crippen LogP contribution < -0.4 is 11.2 Å². The number of nitrogens with one attached hydrogen (secondary N) is 1. The van der Waals surface area contributed by atoms with E-state index in [1.54, 1.807) is 0 Å². The Labute approximate surface area is 91.8 Å². The molecule has 0 saturated carbocycles. The third kappa shape index (κ3) is 2.23. The molecule has 88 valence electrons. The molecule has 0 amide bonds. The van der Waals surface area contributed by atoms with Crippen molar-refractivity contribution in [3.8, 4) is 0 Å². The van der Waals surface area contributed by atoms with Crippen LogP contribution in [-0.2, 0) is 9.47 Å². The van der Waals surface area contributed by atoms with E-state index < -0.39 is 17.0 Å². The maximum Gasteiger partial charge on any atom is 0.328 e. The number of nitrogens with zero attached hydrogens (tertiary/aromatic N) is 1. The first kappa shape index (κ1) is 11.1. The normalized spacial score (nSPS) is 20.9. The molecule has 16 heavy (non-hydrogen) atoms. The first-order valence-electron chi connectivity index (χ1n) is 5.07. The van der Waals surface area contributed by atoms with Gasteiger partial charge in [0, 0.05) is 12.3 Å². The molecule has 1 aliphatic heterocycles. The predicted octanol–water partition coefficient (Wildman–Crippen LogP) is -0.139. The number of aromatic amines is 1. The highest BCUT2D eigenvalue weighted by molar-refractivity contribution is 4.87. The minimum atomic E-state index is -0.609. The molecule has 0 unspecified atom stereocenters. The molecule has 6 nitrogen and oxygen atoms in total. The van der Waals surface area contributed by atoms with Gasteiger partial charge in [0.05, 0.1) is 19.3 Å². The SMILES string of the molecule is CC1(C)OCC(n2ccc(=O)[nH]c2=O)CO1. The number of rotatable bonds is 1. The number of hydrogen-bond acceptors (Lipinski definition) is 4. The van der Waals surface area contributed by atoms with Crippen molar-refractivity contribution in [3.63, 3.8) is 0 Å². The van der Waals surface area contributed by atoms with Gasteiger partial charge in [-0.25, -0.2) is 4.79 Å². The molecule has 6 heteroatoms. The van der Waals surface area contributed by atoms with Gasteiger partial charge in [-0.2, -0.15) is 0 Å². The second kappa shape index (κ2) is 3.88. The summed E-state index contributed by atoms with van der Waals surface area (Å²) in [5, 5.41) is 0. The summed E-state index contributed by atoms with van der Waals surface area (Å²) in [6, 6.07) is 1.11. The second-order valence-electron chi connectivity index (χ2n) is 4.19. The van der Waals surface area contributed by atoms with Crippen LogP contribution in [0.4, 0.5) is 0 Å². The Morgan fingerprint density at radius 1 is 1.38 bits per heavy atom. The smallest absolute Gasteiger partial charge is 0.328 e. The lowest BCUT2D eigenvalue weighted by Crippen LogP contribution is -2.43. The van der Waals surface area contributed by atoms with E-state index in [0.29, 0.717) is 13.2 Å². The molecule has 0 aromatic carbocycles. The van der Waals surface area contributed by atoms with Gasteiger partial charge in [-0.15, -0.1) is 0 Å². The minimum Gasteiger partial charge on any atom is -0.348 e. The molecule has 1 saturated heterocycles. The molecule has 0 radical (unpaired) electrons. The summed E-state index contributed by atoms with van der Waals surface area (Å²) in [6.45, 7) is 4.41. The second-order valence-corrected chi connectivity index (χ2v) is 4.19. The number of aromatic nitrogens is 2. The quantitative estimate of drug-likeness (QED) is 0.723.